The van der Waals surface area contributed by atoms with E-state index in [0.717, 1.165) is 50.5 Å². The molecule has 0 amide bonds. The molecule has 1 fully saturated rings. The Morgan fingerprint density at radius 1 is 1.06 bits per heavy atom. The van der Waals surface area contributed by atoms with Crippen LogP contribution in [0.15, 0.2) is 42.5 Å². The van der Waals surface area contributed by atoms with Gasteiger partial charge in [-0.3, -0.25) is 4.79 Å². The van der Waals surface area contributed by atoms with Gasteiger partial charge in [-0.05, 0) is 85.6 Å². The first-order valence-corrected chi connectivity index (χ1v) is 12.4. The van der Waals surface area contributed by atoms with Crippen LogP contribution in [-0.4, -0.2) is 5.97 Å². The zero-order valence-electron chi connectivity index (χ0n) is 19.9. The van der Waals surface area contributed by atoms with E-state index in [-0.39, 0.29) is 11.9 Å². The van der Waals surface area contributed by atoms with Crippen molar-refractivity contribution in [3.8, 4) is 11.8 Å². The number of aryl methyl sites for hydroxylation is 1. The minimum atomic E-state index is -0.190. The molecule has 0 aromatic heterocycles. The predicted octanol–water partition coefficient (Wildman–Crippen LogP) is 7.37. The fourth-order valence-corrected chi connectivity index (χ4v) is 4.62. The van der Waals surface area contributed by atoms with E-state index in [1.807, 2.05) is 12.1 Å². The second-order valence-electron chi connectivity index (χ2n) is 9.47. The molecule has 0 saturated heterocycles. The SMILES string of the molecule is CCCCc1ccc(C2CCC(C(=O)Oc3ccc(CC(C)CC)cc3C#N)CC2)cc1. The van der Waals surface area contributed by atoms with E-state index in [1.54, 1.807) is 6.07 Å². The van der Waals surface area contributed by atoms with Crippen LogP contribution in [0.5, 0.6) is 5.75 Å². The third kappa shape index (κ3) is 6.45. The van der Waals surface area contributed by atoms with E-state index in [9.17, 15) is 10.1 Å². The quantitative estimate of drug-likeness (QED) is 0.308. The smallest absolute Gasteiger partial charge is 0.314 e. The van der Waals surface area contributed by atoms with Crippen LogP contribution in [0.3, 0.4) is 0 Å². The molecule has 0 aliphatic heterocycles. The van der Waals surface area contributed by atoms with E-state index < -0.39 is 0 Å². The van der Waals surface area contributed by atoms with E-state index in [1.165, 1.54) is 24.0 Å². The molecular weight excluding hydrogens is 394 g/mol. The van der Waals surface area contributed by atoms with Crippen molar-refractivity contribution in [3.63, 3.8) is 0 Å². The van der Waals surface area contributed by atoms with Crippen LogP contribution in [0.4, 0.5) is 0 Å². The van der Waals surface area contributed by atoms with Gasteiger partial charge < -0.3 is 4.74 Å². The molecule has 2 aromatic rings. The molecule has 0 heterocycles. The van der Waals surface area contributed by atoms with Gasteiger partial charge in [-0.15, -0.1) is 0 Å². The highest BCUT2D eigenvalue weighted by atomic mass is 16.5. The van der Waals surface area contributed by atoms with Gasteiger partial charge in [0.1, 0.15) is 11.8 Å². The third-order valence-corrected chi connectivity index (χ3v) is 6.99. The van der Waals surface area contributed by atoms with Gasteiger partial charge >= 0.3 is 5.97 Å². The fourth-order valence-electron chi connectivity index (χ4n) is 4.62. The molecule has 0 N–H and O–H groups in total. The molecule has 1 aliphatic carbocycles. The summed E-state index contributed by atoms with van der Waals surface area (Å²) in [4.78, 5) is 12.8. The molecule has 0 spiro atoms. The highest BCUT2D eigenvalue weighted by Gasteiger charge is 2.29. The average Bonchev–Trinajstić information content (AvgIpc) is 2.84. The topological polar surface area (TPSA) is 50.1 Å². The minimum Gasteiger partial charge on any atom is -0.425 e. The van der Waals surface area contributed by atoms with Crippen LogP contribution in [0.1, 0.15) is 93.9 Å². The van der Waals surface area contributed by atoms with Gasteiger partial charge in [-0.1, -0.05) is 63.9 Å². The van der Waals surface area contributed by atoms with Crippen LogP contribution in [0.2, 0.25) is 0 Å². The summed E-state index contributed by atoms with van der Waals surface area (Å²) in [5.41, 5.74) is 4.38. The fraction of sp³-hybridized carbons (Fsp3) is 0.517. The van der Waals surface area contributed by atoms with E-state index >= 15 is 0 Å². The van der Waals surface area contributed by atoms with Gasteiger partial charge in [0.25, 0.3) is 0 Å². The Morgan fingerprint density at radius 3 is 2.38 bits per heavy atom. The molecular formula is C29H37NO2. The number of rotatable bonds is 9. The van der Waals surface area contributed by atoms with Crippen molar-refractivity contribution in [2.75, 3.05) is 0 Å². The van der Waals surface area contributed by atoms with Crippen molar-refractivity contribution in [3.05, 3.63) is 64.7 Å². The molecule has 1 atom stereocenters. The first kappa shape index (κ1) is 24.1. The van der Waals surface area contributed by atoms with Crippen LogP contribution >= 0.6 is 0 Å². The number of hydrogen-bond donors (Lipinski definition) is 0. The number of carbonyl (C=O) groups is 1. The van der Waals surface area contributed by atoms with Crippen LogP contribution < -0.4 is 4.74 Å². The number of ether oxygens (including phenoxy) is 1. The summed E-state index contributed by atoms with van der Waals surface area (Å²) in [5.74, 6) is 1.22. The lowest BCUT2D eigenvalue weighted by Gasteiger charge is -2.27. The second kappa shape index (κ2) is 11.9. The van der Waals surface area contributed by atoms with Gasteiger partial charge in [0.15, 0.2) is 0 Å². The van der Waals surface area contributed by atoms with Crippen molar-refractivity contribution < 1.29 is 9.53 Å². The maximum atomic E-state index is 12.8. The summed E-state index contributed by atoms with van der Waals surface area (Å²) < 4.78 is 5.69. The lowest BCUT2D eigenvalue weighted by atomic mass is 9.78. The Labute approximate surface area is 193 Å². The van der Waals surface area contributed by atoms with E-state index in [4.69, 9.17) is 4.74 Å². The number of unbranched alkanes of at least 4 members (excludes halogenated alkanes) is 1. The summed E-state index contributed by atoms with van der Waals surface area (Å²) in [6, 6.07) is 16.9. The molecule has 3 rings (SSSR count). The highest BCUT2D eigenvalue weighted by Crippen LogP contribution is 2.37. The molecule has 1 saturated carbocycles. The third-order valence-electron chi connectivity index (χ3n) is 6.99. The number of nitriles is 1. The average molecular weight is 432 g/mol. The number of nitrogens with zero attached hydrogens (tertiary/aromatic N) is 1. The largest absolute Gasteiger partial charge is 0.425 e. The zero-order valence-corrected chi connectivity index (χ0v) is 19.9. The molecule has 3 heteroatoms. The van der Waals surface area contributed by atoms with Gasteiger partial charge in [0.2, 0.25) is 0 Å². The summed E-state index contributed by atoms with van der Waals surface area (Å²) in [6.07, 6.45) is 9.34. The Balaban J connectivity index is 1.55. The number of benzene rings is 2. The molecule has 2 aromatic carbocycles. The Kier molecular flexibility index (Phi) is 8.91. The molecule has 0 bridgehead atoms. The van der Waals surface area contributed by atoms with Crippen molar-refractivity contribution in [1.29, 1.82) is 5.26 Å². The molecule has 32 heavy (non-hydrogen) atoms. The van der Waals surface area contributed by atoms with Gasteiger partial charge in [-0.25, -0.2) is 0 Å². The maximum absolute atomic E-state index is 12.8. The lowest BCUT2D eigenvalue weighted by molar-refractivity contribution is -0.140. The van der Waals surface area contributed by atoms with Gasteiger partial charge in [0.05, 0.1) is 11.5 Å². The first-order valence-electron chi connectivity index (χ1n) is 12.4. The lowest BCUT2D eigenvalue weighted by Crippen LogP contribution is -2.25. The predicted molar refractivity (Wildman–Crippen MR) is 130 cm³/mol. The normalized spacial score (nSPS) is 19.2. The van der Waals surface area contributed by atoms with E-state index in [2.05, 4.69) is 51.1 Å². The van der Waals surface area contributed by atoms with Gasteiger partial charge in [0, 0.05) is 0 Å². The monoisotopic (exact) mass is 431 g/mol. The van der Waals surface area contributed by atoms with Crippen molar-refractivity contribution in [2.24, 2.45) is 11.8 Å². The Hall–Kier alpha value is -2.60. The Bertz CT molecular complexity index is 917. The van der Waals surface area contributed by atoms with Crippen LogP contribution in [0, 0.1) is 23.2 Å². The van der Waals surface area contributed by atoms with Crippen molar-refractivity contribution in [2.45, 2.75) is 84.5 Å². The highest BCUT2D eigenvalue weighted by molar-refractivity contribution is 5.76. The van der Waals surface area contributed by atoms with Crippen LogP contribution in [-0.2, 0) is 17.6 Å². The second-order valence-corrected chi connectivity index (χ2v) is 9.47. The summed E-state index contributed by atoms with van der Waals surface area (Å²) in [7, 11) is 0. The standard InChI is InChI=1S/C29H37NO2/c1-4-6-7-22-8-11-24(12-9-22)25-13-15-26(16-14-25)29(31)32-28-17-10-23(18-21(3)5-2)19-27(28)20-30/h8-12,17,19,21,25-26H,4-7,13-16,18H2,1-3H3. The van der Waals surface area contributed by atoms with Crippen LogP contribution in [0.25, 0.3) is 0 Å². The number of esters is 1. The summed E-state index contributed by atoms with van der Waals surface area (Å²) in [5, 5.41) is 9.54. The molecule has 0 radical (unpaired) electrons. The molecule has 170 valence electrons. The molecule has 1 aliphatic rings. The van der Waals surface area contributed by atoms with Crippen molar-refractivity contribution in [1.82, 2.24) is 0 Å². The molecule has 3 nitrogen and oxygen atoms in total. The summed E-state index contributed by atoms with van der Waals surface area (Å²) >= 11 is 0. The number of carbonyl (C=O) groups excluding carboxylic acids is 1. The first-order chi connectivity index (χ1) is 15.5. The number of hydrogen-bond acceptors (Lipinski definition) is 3. The minimum absolute atomic E-state index is 0.0820. The van der Waals surface area contributed by atoms with E-state index in [0.29, 0.717) is 23.1 Å². The van der Waals surface area contributed by atoms with Crippen molar-refractivity contribution >= 4 is 5.97 Å². The molecule has 1 unspecified atom stereocenters. The zero-order chi connectivity index (χ0) is 22.9. The summed E-state index contributed by atoms with van der Waals surface area (Å²) in [6.45, 7) is 6.60. The maximum Gasteiger partial charge on any atom is 0.314 e. The van der Waals surface area contributed by atoms with Gasteiger partial charge in [-0.2, -0.15) is 5.26 Å². The Morgan fingerprint density at radius 2 is 1.75 bits per heavy atom.